The standard InChI is InChI=1S/C13H22N4O2S/c1-9-5-10(2)7-11(6-9)17-20(18,19)13-8-15-4-3-12(13)16-14/h3-4,8-11,17H,5-7,14H2,1-2H3,(H,15,16). The van der Waals surface area contributed by atoms with Gasteiger partial charge in [-0.15, -0.1) is 0 Å². The molecule has 20 heavy (non-hydrogen) atoms. The first kappa shape index (κ1) is 15.2. The van der Waals surface area contributed by atoms with Gasteiger partial charge in [0.05, 0.1) is 5.69 Å². The predicted octanol–water partition coefficient (Wildman–Crippen LogP) is 1.47. The number of nitrogens with one attached hydrogen (secondary N) is 2. The maximum atomic E-state index is 12.4. The van der Waals surface area contributed by atoms with E-state index in [0.717, 1.165) is 19.3 Å². The number of sulfonamides is 1. The van der Waals surface area contributed by atoms with E-state index in [1.165, 1.54) is 12.4 Å². The van der Waals surface area contributed by atoms with E-state index in [2.05, 4.69) is 29.0 Å². The number of hydrazine groups is 1. The summed E-state index contributed by atoms with van der Waals surface area (Å²) in [4.78, 5) is 3.96. The van der Waals surface area contributed by atoms with Crippen LogP contribution in [0.5, 0.6) is 0 Å². The van der Waals surface area contributed by atoms with E-state index in [0.29, 0.717) is 17.5 Å². The van der Waals surface area contributed by atoms with Crippen molar-refractivity contribution in [3.63, 3.8) is 0 Å². The number of hydrogen-bond donors (Lipinski definition) is 3. The number of aromatic nitrogens is 1. The van der Waals surface area contributed by atoms with E-state index in [1.54, 1.807) is 6.07 Å². The Labute approximate surface area is 120 Å². The van der Waals surface area contributed by atoms with Crippen LogP contribution in [0.1, 0.15) is 33.1 Å². The van der Waals surface area contributed by atoms with Crippen LogP contribution in [0.15, 0.2) is 23.4 Å². The van der Waals surface area contributed by atoms with Gasteiger partial charge in [0.25, 0.3) is 0 Å². The molecule has 0 spiro atoms. The van der Waals surface area contributed by atoms with Gasteiger partial charge in [0.15, 0.2) is 0 Å². The summed E-state index contributed by atoms with van der Waals surface area (Å²) >= 11 is 0. The number of rotatable bonds is 4. The Hall–Kier alpha value is -1.18. The minimum Gasteiger partial charge on any atom is -0.323 e. The lowest BCUT2D eigenvalue weighted by molar-refractivity contribution is 0.257. The Morgan fingerprint density at radius 1 is 1.25 bits per heavy atom. The van der Waals surface area contributed by atoms with Crippen LogP contribution < -0.4 is 16.0 Å². The van der Waals surface area contributed by atoms with Gasteiger partial charge in [-0.2, -0.15) is 0 Å². The quantitative estimate of drug-likeness (QED) is 0.578. The fraction of sp³-hybridized carbons (Fsp3) is 0.615. The second-order valence-corrected chi connectivity index (χ2v) is 7.43. The molecule has 0 aromatic carbocycles. The first-order valence-corrected chi connectivity index (χ1v) is 8.33. The first-order chi connectivity index (χ1) is 9.42. The van der Waals surface area contributed by atoms with Gasteiger partial charge in [-0.3, -0.25) is 10.8 Å². The van der Waals surface area contributed by atoms with Crippen LogP contribution in [0.2, 0.25) is 0 Å². The summed E-state index contributed by atoms with van der Waals surface area (Å²) in [5.74, 6) is 6.42. The summed E-state index contributed by atoms with van der Waals surface area (Å²) in [6.07, 6.45) is 5.71. The van der Waals surface area contributed by atoms with Crippen molar-refractivity contribution in [1.29, 1.82) is 0 Å². The number of nitrogens with zero attached hydrogens (tertiary/aromatic N) is 1. The molecule has 1 aromatic heterocycles. The largest absolute Gasteiger partial charge is 0.323 e. The maximum Gasteiger partial charge on any atom is 0.244 e. The molecule has 1 aliphatic rings. The first-order valence-electron chi connectivity index (χ1n) is 6.85. The van der Waals surface area contributed by atoms with Gasteiger partial charge >= 0.3 is 0 Å². The summed E-state index contributed by atoms with van der Waals surface area (Å²) in [5.41, 5.74) is 2.75. The fourth-order valence-corrected chi connectivity index (χ4v) is 4.41. The smallest absolute Gasteiger partial charge is 0.244 e. The number of hydrogen-bond acceptors (Lipinski definition) is 5. The molecule has 0 radical (unpaired) electrons. The van der Waals surface area contributed by atoms with Crippen LogP contribution in [0, 0.1) is 11.8 Å². The molecule has 0 amide bonds. The van der Waals surface area contributed by atoms with Crippen molar-refractivity contribution in [2.75, 3.05) is 5.43 Å². The second-order valence-electron chi connectivity index (χ2n) is 5.75. The van der Waals surface area contributed by atoms with Crippen molar-refractivity contribution in [3.05, 3.63) is 18.5 Å². The summed E-state index contributed by atoms with van der Waals surface area (Å²) in [7, 11) is -3.60. The molecular weight excluding hydrogens is 276 g/mol. The summed E-state index contributed by atoms with van der Waals surface area (Å²) in [6.45, 7) is 4.32. The minimum atomic E-state index is -3.60. The summed E-state index contributed by atoms with van der Waals surface area (Å²) < 4.78 is 27.7. The summed E-state index contributed by atoms with van der Waals surface area (Å²) in [5, 5.41) is 0. The summed E-state index contributed by atoms with van der Waals surface area (Å²) in [6, 6.07) is 1.52. The third kappa shape index (κ3) is 3.47. The van der Waals surface area contributed by atoms with Crippen LogP contribution in [-0.2, 0) is 10.0 Å². The molecule has 1 fully saturated rings. The van der Waals surface area contributed by atoms with Crippen LogP contribution in [-0.4, -0.2) is 19.4 Å². The van der Waals surface area contributed by atoms with E-state index < -0.39 is 10.0 Å². The molecule has 1 heterocycles. The molecule has 2 atom stereocenters. The highest BCUT2D eigenvalue weighted by atomic mass is 32.2. The molecule has 7 heteroatoms. The number of anilines is 1. The van der Waals surface area contributed by atoms with E-state index in [4.69, 9.17) is 5.84 Å². The monoisotopic (exact) mass is 298 g/mol. The molecule has 4 N–H and O–H groups in total. The zero-order valence-electron chi connectivity index (χ0n) is 11.8. The fourth-order valence-electron chi connectivity index (χ4n) is 3.04. The zero-order chi connectivity index (χ0) is 14.8. The van der Waals surface area contributed by atoms with Gasteiger partial charge in [-0.1, -0.05) is 13.8 Å². The Bertz CT molecular complexity index is 551. The van der Waals surface area contributed by atoms with Gasteiger partial charge in [-0.25, -0.2) is 13.1 Å². The van der Waals surface area contributed by atoms with Crippen molar-refractivity contribution in [3.8, 4) is 0 Å². The highest BCUT2D eigenvalue weighted by molar-refractivity contribution is 7.89. The highest BCUT2D eigenvalue weighted by Gasteiger charge is 2.29. The van der Waals surface area contributed by atoms with Crippen LogP contribution in [0.25, 0.3) is 0 Å². The lowest BCUT2D eigenvalue weighted by atomic mass is 9.81. The lowest BCUT2D eigenvalue weighted by Crippen LogP contribution is -2.40. The highest BCUT2D eigenvalue weighted by Crippen LogP contribution is 2.30. The Balaban J connectivity index is 2.19. The molecule has 112 valence electrons. The molecule has 2 rings (SSSR count). The molecule has 1 saturated carbocycles. The molecular formula is C13H22N4O2S. The van der Waals surface area contributed by atoms with Crippen molar-refractivity contribution >= 4 is 15.7 Å². The second kappa shape index (κ2) is 6.07. The van der Waals surface area contributed by atoms with Crippen LogP contribution >= 0.6 is 0 Å². The average molecular weight is 298 g/mol. The van der Waals surface area contributed by atoms with Gasteiger partial charge in [0.2, 0.25) is 10.0 Å². The molecule has 0 aliphatic heterocycles. The zero-order valence-corrected chi connectivity index (χ0v) is 12.7. The van der Waals surface area contributed by atoms with Crippen molar-refractivity contribution in [1.82, 2.24) is 9.71 Å². The molecule has 2 unspecified atom stereocenters. The van der Waals surface area contributed by atoms with Crippen LogP contribution in [0.3, 0.4) is 0 Å². The molecule has 0 saturated heterocycles. The van der Waals surface area contributed by atoms with Gasteiger partial charge in [-0.05, 0) is 37.2 Å². The minimum absolute atomic E-state index is 0.0235. The molecule has 6 nitrogen and oxygen atoms in total. The Morgan fingerprint density at radius 3 is 2.50 bits per heavy atom. The Kier molecular flexibility index (Phi) is 4.62. The van der Waals surface area contributed by atoms with E-state index in [9.17, 15) is 8.42 Å². The van der Waals surface area contributed by atoms with Crippen molar-refractivity contribution < 1.29 is 8.42 Å². The molecule has 1 aromatic rings. The van der Waals surface area contributed by atoms with Gasteiger partial charge in [0, 0.05) is 18.4 Å². The average Bonchev–Trinajstić information content (AvgIpc) is 2.36. The van der Waals surface area contributed by atoms with E-state index >= 15 is 0 Å². The van der Waals surface area contributed by atoms with Gasteiger partial charge in [0.1, 0.15) is 4.90 Å². The normalized spacial score (nSPS) is 27.2. The van der Waals surface area contributed by atoms with E-state index in [1.807, 2.05) is 0 Å². The third-order valence-corrected chi connectivity index (χ3v) is 5.28. The molecule has 0 bridgehead atoms. The maximum absolute atomic E-state index is 12.4. The predicted molar refractivity (Wildman–Crippen MR) is 78.3 cm³/mol. The number of pyridine rings is 1. The third-order valence-electron chi connectivity index (χ3n) is 3.73. The lowest BCUT2D eigenvalue weighted by Gasteiger charge is -2.31. The van der Waals surface area contributed by atoms with Gasteiger partial charge < -0.3 is 5.43 Å². The van der Waals surface area contributed by atoms with E-state index in [-0.39, 0.29) is 10.9 Å². The SMILES string of the molecule is CC1CC(C)CC(NS(=O)(=O)c2cnccc2NN)C1. The number of nitrogens with two attached hydrogens (primary N) is 1. The number of nitrogen functional groups attached to an aromatic ring is 1. The topological polar surface area (TPSA) is 97.1 Å². The van der Waals surface area contributed by atoms with Crippen LogP contribution in [0.4, 0.5) is 5.69 Å². The molecule has 1 aliphatic carbocycles. The van der Waals surface area contributed by atoms with Crippen molar-refractivity contribution in [2.24, 2.45) is 17.7 Å². The van der Waals surface area contributed by atoms with Crippen molar-refractivity contribution in [2.45, 2.75) is 44.0 Å². The Morgan fingerprint density at radius 2 is 1.90 bits per heavy atom.